The summed E-state index contributed by atoms with van der Waals surface area (Å²) >= 11 is 4.52. The Hall–Kier alpha value is -1.86. The Labute approximate surface area is 158 Å². The van der Waals surface area contributed by atoms with E-state index in [9.17, 15) is 14.0 Å². The molecule has 0 saturated carbocycles. The summed E-state index contributed by atoms with van der Waals surface area (Å²) in [6, 6.07) is 11.2. The molecule has 0 fully saturated rings. The third kappa shape index (κ3) is 5.86. The Morgan fingerprint density at radius 3 is 2.60 bits per heavy atom. The molecule has 2 rings (SSSR count). The molecular formula is C18H18BrFN2O2S. The first-order valence-electron chi connectivity index (χ1n) is 7.64. The van der Waals surface area contributed by atoms with Crippen molar-refractivity contribution in [2.45, 2.75) is 24.8 Å². The van der Waals surface area contributed by atoms with E-state index in [2.05, 4.69) is 26.6 Å². The highest BCUT2D eigenvalue weighted by Crippen LogP contribution is 2.26. The maximum atomic E-state index is 13.2. The second-order valence-corrected chi connectivity index (χ2v) is 7.46. The van der Waals surface area contributed by atoms with Gasteiger partial charge in [0, 0.05) is 15.4 Å². The predicted molar refractivity (Wildman–Crippen MR) is 102 cm³/mol. The highest BCUT2D eigenvalue weighted by molar-refractivity contribution is 9.10. The van der Waals surface area contributed by atoms with Gasteiger partial charge in [0.1, 0.15) is 5.82 Å². The number of anilines is 1. The Balaban J connectivity index is 2.10. The van der Waals surface area contributed by atoms with E-state index in [1.807, 2.05) is 19.9 Å². The van der Waals surface area contributed by atoms with Crippen LogP contribution in [0.1, 0.15) is 24.2 Å². The van der Waals surface area contributed by atoms with Crippen molar-refractivity contribution in [3.63, 3.8) is 0 Å². The zero-order valence-corrected chi connectivity index (χ0v) is 16.2. The molecule has 0 heterocycles. The predicted octanol–water partition coefficient (Wildman–Crippen LogP) is 4.46. The van der Waals surface area contributed by atoms with Crippen LogP contribution in [0.2, 0.25) is 0 Å². The van der Waals surface area contributed by atoms with Crippen LogP contribution in [0.25, 0.3) is 0 Å². The van der Waals surface area contributed by atoms with Crippen LogP contribution in [0, 0.1) is 5.82 Å². The van der Waals surface area contributed by atoms with E-state index in [-0.39, 0.29) is 23.6 Å². The van der Waals surface area contributed by atoms with Crippen LogP contribution in [0.4, 0.5) is 10.1 Å². The minimum absolute atomic E-state index is 0.0717. The van der Waals surface area contributed by atoms with E-state index < -0.39 is 5.82 Å². The number of thioether (sulfide) groups is 1. The molecule has 2 aromatic rings. The third-order valence-electron chi connectivity index (χ3n) is 3.12. The van der Waals surface area contributed by atoms with Crippen LogP contribution >= 0.6 is 27.7 Å². The fraction of sp³-hybridized carbons (Fsp3) is 0.222. The molecule has 2 N–H and O–H groups in total. The lowest BCUT2D eigenvalue weighted by Crippen LogP contribution is -2.31. The van der Waals surface area contributed by atoms with E-state index in [1.54, 1.807) is 18.2 Å². The minimum atomic E-state index is -0.392. The van der Waals surface area contributed by atoms with Crippen molar-refractivity contribution in [2.75, 3.05) is 11.1 Å². The van der Waals surface area contributed by atoms with E-state index in [0.29, 0.717) is 20.6 Å². The second-order valence-electron chi connectivity index (χ2n) is 5.59. The van der Waals surface area contributed by atoms with Gasteiger partial charge in [-0.25, -0.2) is 4.39 Å². The van der Waals surface area contributed by atoms with Gasteiger partial charge in [0.05, 0.1) is 17.0 Å². The molecular weight excluding hydrogens is 407 g/mol. The molecule has 0 radical (unpaired) electrons. The second kappa shape index (κ2) is 9.01. The largest absolute Gasteiger partial charge is 0.353 e. The number of carbonyl (C=O) groups excluding carboxylic acids is 2. The molecule has 0 aromatic heterocycles. The summed E-state index contributed by atoms with van der Waals surface area (Å²) in [5.74, 6) is -0.573. The lowest BCUT2D eigenvalue weighted by atomic mass is 10.2. The first-order valence-corrected chi connectivity index (χ1v) is 9.42. The summed E-state index contributed by atoms with van der Waals surface area (Å²) < 4.78 is 13.6. The summed E-state index contributed by atoms with van der Waals surface area (Å²) in [5.41, 5.74) is 0.935. The summed E-state index contributed by atoms with van der Waals surface area (Å²) in [4.78, 5) is 25.1. The van der Waals surface area contributed by atoms with Gasteiger partial charge < -0.3 is 10.6 Å². The number of rotatable bonds is 6. The molecule has 2 amide bonds. The molecule has 2 aromatic carbocycles. The van der Waals surface area contributed by atoms with E-state index >= 15 is 0 Å². The fourth-order valence-corrected chi connectivity index (χ4v) is 3.38. The van der Waals surface area contributed by atoms with E-state index in [0.717, 1.165) is 0 Å². The summed E-state index contributed by atoms with van der Waals surface area (Å²) in [5, 5.41) is 5.56. The number of halogens is 2. The first kappa shape index (κ1) is 19.5. The van der Waals surface area contributed by atoms with Gasteiger partial charge in [-0.05, 0) is 60.1 Å². The van der Waals surface area contributed by atoms with Gasteiger partial charge in [-0.3, -0.25) is 9.59 Å². The van der Waals surface area contributed by atoms with Crippen LogP contribution < -0.4 is 10.6 Å². The summed E-state index contributed by atoms with van der Waals surface area (Å²) in [6.07, 6.45) is 0. The van der Waals surface area contributed by atoms with Crippen molar-refractivity contribution in [1.29, 1.82) is 0 Å². The first-order chi connectivity index (χ1) is 11.9. The molecule has 0 unspecified atom stereocenters. The third-order valence-corrected chi connectivity index (χ3v) is 4.85. The molecule has 0 bridgehead atoms. The standard InChI is InChI=1S/C18H18BrFN2O2S/c1-11(2)21-17(23)10-25-16-6-4-3-5-13(16)18(24)22-15-8-7-12(20)9-14(15)19/h3-9,11H,10H2,1-2H3,(H,21,23)(H,22,24). The van der Waals surface area contributed by atoms with Crippen molar-refractivity contribution in [2.24, 2.45) is 0 Å². The molecule has 4 nitrogen and oxygen atoms in total. The van der Waals surface area contributed by atoms with Crippen LogP contribution in [-0.2, 0) is 4.79 Å². The number of benzene rings is 2. The Bertz CT molecular complexity index is 783. The Morgan fingerprint density at radius 1 is 1.20 bits per heavy atom. The molecule has 0 aliphatic heterocycles. The summed E-state index contributed by atoms with van der Waals surface area (Å²) in [6.45, 7) is 3.79. The molecule has 132 valence electrons. The Morgan fingerprint density at radius 2 is 1.92 bits per heavy atom. The summed E-state index contributed by atoms with van der Waals surface area (Å²) in [7, 11) is 0. The zero-order chi connectivity index (χ0) is 18.4. The molecule has 0 aliphatic rings. The van der Waals surface area contributed by atoms with Crippen LogP contribution in [0.5, 0.6) is 0 Å². The molecule has 7 heteroatoms. The quantitative estimate of drug-likeness (QED) is 0.673. The van der Waals surface area contributed by atoms with E-state index in [1.165, 1.54) is 30.0 Å². The van der Waals surface area contributed by atoms with Crippen LogP contribution in [-0.4, -0.2) is 23.6 Å². The molecule has 0 spiro atoms. The number of amides is 2. The maximum Gasteiger partial charge on any atom is 0.256 e. The number of hydrogen-bond donors (Lipinski definition) is 2. The van der Waals surface area contributed by atoms with Crippen LogP contribution in [0.15, 0.2) is 51.8 Å². The molecule has 0 saturated heterocycles. The van der Waals surface area contributed by atoms with Gasteiger partial charge in [-0.2, -0.15) is 0 Å². The lowest BCUT2D eigenvalue weighted by Gasteiger charge is -2.12. The fourth-order valence-electron chi connectivity index (χ4n) is 2.07. The highest BCUT2D eigenvalue weighted by Gasteiger charge is 2.14. The van der Waals surface area contributed by atoms with Crippen molar-refractivity contribution in [3.05, 3.63) is 58.3 Å². The average Bonchev–Trinajstić information content (AvgIpc) is 2.55. The molecule has 0 aliphatic carbocycles. The number of hydrogen-bond acceptors (Lipinski definition) is 3. The average molecular weight is 425 g/mol. The topological polar surface area (TPSA) is 58.2 Å². The minimum Gasteiger partial charge on any atom is -0.353 e. The van der Waals surface area contributed by atoms with Crippen molar-refractivity contribution in [1.82, 2.24) is 5.32 Å². The SMILES string of the molecule is CC(C)NC(=O)CSc1ccccc1C(=O)Nc1ccc(F)cc1Br. The molecule has 25 heavy (non-hydrogen) atoms. The number of nitrogens with one attached hydrogen (secondary N) is 2. The smallest absolute Gasteiger partial charge is 0.256 e. The monoisotopic (exact) mass is 424 g/mol. The van der Waals surface area contributed by atoms with Gasteiger partial charge in [-0.1, -0.05) is 12.1 Å². The van der Waals surface area contributed by atoms with Gasteiger partial charge in [0.15, 0.2) is 0 Å². The van der Waals surface area contributed by atoms with Crippen molar-refractivity contribution in [3.8, 4) is 0 Å². The van der Waals surface area contributed by atoms with Crippen molar-refractivity contribution < 1.29 is 14.0 Å². The molecule has 0 atom stereocenters. The lowest BCUT2D eigenvalue weighted by molar-refractivity contribution is -0.119. The normalized spacial score (nSPS) is 10.6. The van der Waals surface area contributed by atoms with Crippen LogP contribution in [0.3, 0.4) is 0 Å². The van der Waals surface area contributed by atoms with E-state index in [4.69, 9.17) is 0 Å². The zero-order valence-electron chi connectivity index (χ0n) is 13.8. The van der Waals surface area contributed by atoms with Crippen molar-refractivity contribution >= 4 is 45.2 Å². The van der Waals surface area contributed by atoms with Gasteiger partial charge >= 0.3 is 0 Å². The van der Waals surface area contributed by atoms with Gasteiger partial charge in [-0.15, -0.1) is 11.8 Å². The van der Waals surface area contributed by atoms with Gasteiger partial charge in [0.2, 0.25) is 5.91 Å². The van der Waals surface area contributed by atoms with Gasteiger partial charge in [0.25, 0.3) is 5.91 Å². The number of carbonyl (C=O) groups is 2. The maximum absolute atomic E-state index is 13.2. The highest BCUT2D eigenvalue weighted by atomic mass is 79.9. The Kier molecular flexibility index (Phi) is 7.01.